The first kappa shape index (κ1) is 11.2. The van der Waals surface area contributed by atoms with Crippen LogP contribution in [0.5, 0.6) is 0 Å². The van der Waals surface area contributed by atoms with Crippen molar-refractivity contribution in [1.82, 2.24) is 4.90 Å². The van der Waals surface area contributed by atoms with E-state index in [9.17, 15) is 0 Å². The molecule has 0 spiro atoms. The molecule has 86 valence electrons. The van der Waals surface area contributed by atoms with Crippen LogP contribution in [0.15, 0.2) is 10.9 Å². The molecule has 0 bridgehead atoms. The average Bonchev–Trinajstić information content (AvgIpc) is 2.69. The van der Waals surface area contributed by atoms with E-state index in [0.717, 1.165) is 0 Å². The molecular formula is C13H25NSi. The highest BCUT2D eigenvalue weighted by atomic mass is 28.3. The molecule has 2 aliphatic rings. The SMILES string of the molecule is C[Si](C)(C)C1=C(N2CCCC2)CCCC1. The number of rotatable bonds is 2. The summed E-state index contributed by atoms with van der Waals surface area (Å²) in [6, 6.07) is 0. The molecule has 1 aliphatic heterocycles. The van der Waals surface area contributed by atoms with Gasteiger partial charge in [0.1, 0.15) is 0 Å². The van der Waals surface area contributed by atoms with Crippen molar-refractivity contribution in [2.24, 2.45) is 0 Å². The van der Waals surface area contributed by atoms with Gasteiger partial charge < -0.3 is 4.90 Å². The fourth-order valence-electron chi connectivity index (χ4n) is 3.03. The quantitative estimate of drug-likeness (QED) is 0.644. The van der Waals surface area contributed by atoms with Crippen LogP contribution in [0, 0.1) is 0 Å². The van der Waals surface area contributed by atoms with Crippen LogP contribution < -0.4 is 0 Å². The van der Waals surface area contributed by atoms with Gasteiger partial charge in [0.15, 0.2) is 0 Å². The lowest BCUT2D eigenvalue weighted by atomic mass is 10.0. The van der Waals surface area contributed by atoms with E-state index in [1.165, 1.54) is 51.6 Å². The predicted octanol–water partition coefficient (Wildman–Crippen LogP) is 3.79. The summed E-state index contributed by atoms with van der Waals surface area (Å²) in [5, 5.41) is 1.88. The largest absolute Gasteiger partial charge is 0.375 e. The fraction of sp³-hybridized carbons (Fsp3) is 0.846. The third-order valence-electron chi connectivity index (χ3n) is 3.83. The van der Waals surface area contributed by atoms with Crippen LogP contribution >= 0.6 is 0 Å². The second-order valence-corrected chi connectivity index (χ2v) is 11.2. The monoisotopic (exact) mass is 223 g/mol. The highest BCUT2D eigenvalue weighted by molar-refractivity contribution is 6.83. The standard InChI is InChI=1S/C13H25NSi/c1-15(2,3)13-9-5-4-8-12(13)14-10-6-7-11-14/h4-11H2,1-3H3. The molecule has 0 aromatic heterocycles. The number of hydrogen-bond acceptors (Lipinski definition) is 1. The van der Waals surface area contributed by atoms with Crippen molar-refractivity contribution in [3.8, 4) is 0 Å². The lowest BCUT2D eigenvalue weighted by molar-refractivity contribution is 0.389. The highest BCUT2D eigenvalue weighted by Gasteiger charge is 2.28. The third kappa shape index (κ3) is 2.47. The molecule has 1 heterocycles. The number of hydrogen-bond donors (Lipinski definition) is 0. The van der Waals surface area contributed by atoms with Gasteiger partial charge in [-0.25, -0.2) is 0 Å². The van der Waals surface area contributed by atoms with Crippen LogP contribution in [0.4, 0.5) is 0 Å². The number of allylic oxidation sites excluding steroid dienone is 2. The summed E-state index contributed by atoms with van der Waals surface area (Å²) in [6.45, 7) is 10.2. The first-order valence-corrected chi connectivity index (χ1v) is 10.1. The lowest BCUT2D eigenvalue weighted by Crippen LogP contribution is -2.32. The molecule has 1 aliphatic carbocycles. The molecule has 0 amide bonds. The Kier molecular flexibility index (Phi) is 3.24. The minimum Gasteiger partial charge on any atom is -0.375 e. The Hall–Kier alpha value is -0.243. The Balaban J connectivity index is 2.25. The van der Waals surface area contributed by atoms with Gasteiger partial charge in [-0.05, 0) is 38.5 Å². The van der Waals surface area contributed by atoms with Crippen molar-refractivity contribution >= 4 is 8.07 Å². The molecule has 1 saturated heterocycles. The van der Waals surface area contributed by atoms with Gasteiger partial charge in [0.05, 0.1) is 8.07 Å². The van der Waals surface area contributed by atoms with Crippen LogP contribution in [-0.4, -0.2) is 26.1 Å². The van der Waals surface area contributed by atoms with Crippen LogP contribution in [0.3, 0.4) is 0 Å². The summed E-state index contributed by atoms with van der Waals surface area (Å²) in [6.07, 6.45) is 8.49. The molecule has 15 heavy (non-hydrogen) atoms. The Labute approximate surface area is 95.6 Å². The van der Waals surface area contributed by atoms with Crippen molar-refractivity contribution in [2.45, 2.75) is 58.2 Å². The fourth-order valence-corrected chi connectivity index (χ4v) is 5.11. The molecule has 0 N–H and O–H groups in total. The van der Waals surface area contributed by atoms with Crippen molar-refractivity contribution in [3.05, 3.63) is 10.9 Å². The van der Waals surface area contributed by atoms with Gasteiger partial charge in [-0.1, -0.05) is 24.8 Å². The molecule has 2 heteroatoms. The van der Waals surface area contributed by atoms with E-state index in [1.807, 2.05) is 5.20 Å². The summed E-state index contributed by atoms with van der Waals surface area (Å²) < 4.78 is 0. The van der Waals surface area contributed by atoms with E-state index in [2.05, 4.69) is 24.5 Å². The summed E-state index contributed by atoms with van der Waals surface area (Å²) in [4.78, 5) is 2.70. The van der Waals surface area contributed by atoms with Crippen LogP contribution in [0.1, 0.15) is 38.5 Å². The lowest BCUT2D eigenvalue weighted by Gasteiger charge is -2.34. The van der Waals surface area contributed by atoms with Gasteiger partial charge in [0.2, 0.25) is 0 Å². The zero-order chi connectivity index (χ0) is 10.9. The van der Waals surface area contributed by atoms with Crippen molar-refractivity contribution in [2.75, 3.05) is 13.1 Å². The average molecular weight is 223 g/mol. The van der Waals surface area contributed by atoms with Gasteiger partial charge in [-0.2, -0.15) is 0 Å². The molecule has 0 aromatic carbocycles. The van der Waals surface area contributed by atoms with Crippen LogP contribution in [0.25, 0.3) is 0 Å². The van der Waals surface area contributed by atoms with Gasteiger partial charge in [0.25, 0.3) is 0 Å². The smallest absolute Gasteiger partial charge is 0.0746 e. The Morgan fingerprint density at radius 3 is 2.07 bits per heavy atom. The first-order chi connectivity index (χ1) is 7.09. The van der Waals surface area contributed by atoms with E-state index in [-0.39, 0.29) is 0 Å². The number of nitrogens with zero attached hydrogens (tertiary/aromatic N) is 1. The second-order valence-electron chi connectivity index (χ2n) is 6.08. The number of likely N-dealkylation sites (tertiary alicyclic amines) is 1. The van der Waals surface area contributed by atoms with Gasteiger partial charge in [-0.15, -0.1) is 0 Å². The van der Waals surface area contributed by atoms with E-state index in [4.69, 9.17) is 0 Å². The minimum atomic E-state index is -1.05. The zero-order valence-corrected chi connectivity index (χ0v) is 11.6. The van der Waals surface area contributed by atoms with Gasteiger partial charge in [0, 0.05) is 18.8 Å². The van der Waals surface area contributed by atoms with Gasteiger partial charge >= 0.3 is 0 Å². The maximum absolute atomic E-state index is 2.70. The summed E-state index contributed by atoms with van der Waals surface area (Å²) in [5.74, 6) is 0. The zero-order valence-electron chi connectivity index (χ0n) is 10.6. The Morgan fingerprint density at radius 1 is 0.867 bits per heavy atom. The summed E-state index contributed by atoms with van der Waals surface area (Å²) >= 11 is 0. The van der Waals surface area contributed by atoms with Crippen molar-refractivity contribution < 1.29 is 0 Å². The summed E-state index contributed by atoms with van der Waals surface area (Å²) in [5.41, 5.74) is 1.78. The maximum atomic E-state index is 2.70. The molecule has 0 saturated carbocycles. The Bertz CT molecular complexity index is 256. The second kappa shape index (κ2) is 4.32. The molecule has 1 fully saturated rings. The van der Waals surface area contributed by atoms with Crippen molar-refractivity contribution in [1.29, 1.82) is 0 Å². The maximum Gasteiger partial charge on any atom is 0.0746 e. The van der Waals surface area contributed by atoms with Crippen molar-refractivity contribution in [3.63, 3.8) is 0 Å². The van der Waals surface area contributed by atoms with E-state index >= 15 is 0 Å². The predicted molar refractivity (Wildman–Crippen MR) is 69.6 cm³/mol. The van der Waals surface area contributed by atoms with Gasteiger partial charge in [-0.3, -0.25) is 0 Å². The highest BCUT2D eigenvalue weighted by Crippen LogP contribution is 2.34. The topological polar surface area (TPSA) is 3.24 Å². The third-order valence-corrected chi connectivity index (χ3v) is 6.18. The summed E-state index contributed by atoms with van der Waals surface area (Å²) in [7, 11) is -1.05. The van der Waals surface area contributed by atoms with Crippen LogP contribution in [-0.2, 0) is 0 Å². The molecule has 0 atom stereocenters. The molecule has 2 rings (SSSR count). The molecule has 0 radical (unpaired) electrons. The Morgan fingerprint density at radius 2 is 1.47 bits per heavy atom. The molecule has 0 aromatic rings. The molecule has 1 nitrogen and oxygen atoms in total. The molecule has 0 unspecified atom stereocenters. The van der Waals surface area contributed by atoms with Crippen LogP contribution in [0.2, 0.25) is 19.6 Å². The van der Waals surface area contributed by atoms with E-state index in [1.54, 1.807) is 5.70 Å². The molecular weight excluding hydrogens is 198 g/mol. The first-order valence-electron chi connectivity index (χ1n) is 6.56. The van der Waals surface area contributed by atoms with E-state index < -0.39 is 8.07 Å². The normalized spacial score (nSPS) is 23.8. The van der Waals surface area contributed by atoms with E-state index in [0.29, 0.717) is 0 Å². The minimum absolute atomic E-state index is 1.05.